The van der Waals surface area contributed by atoms with E-state index in [4.69, 9.17) is 4.74 Å². The van der Waals surface area contributed by atoms with Crippen LogP contribution in [0, 0.1) is 0 Å². The normalized spacial score (nSPS) is 17.2. The van der Waals surface area contributed by atoms with Gasteiger partial charge in [0, 0.05) is 11.1 Å². The standard InChI is InChI=1S/C15H21NO2/c1-18-15-7-6-13(12-17)10-14(15)11-16-8-4-2-3-5-9-16/h6-7,10,12H,2-5,8-9,11H2,1H3/p+1. The van der Waals surface area contributed by atoms with Gasteiger partial charge in [-0.2, -0.15) is 0 Å². The summed E-state index contributed by atoms with van der Waals surface area (Å²) in [4.78, 5) is 12.5. The molecule has 3 heteroatoms. The van der Waals surface area contributed by atoms with Crippen molar-refractivity contribution in [1.82, 2.24) is 0 Å². The third-order valence-electron chi connectivity index (χ3n) is 3.69. The van der Waals surface area contributed by atoms with Crippen molar-refractivity contribution in [3.05, 3.63) is 29.3 Å². The Morgan fingerprint density at radius 1 is 1.22 bits per heavy atom. The highest BCUT2D eigenvalue weighted by atomic mass is 16.5. The molecule has 0 saturated carbocycles. The van der Waals surface area contributed by atoms with E-state index < -0.39 is 0 Å². The number of hydrogen-bond donors (Lipinski definition) is 1. The smallest absolute Gasteiger partial charge is 0.150 e. The molecule has 0 radical (unpaired) electrons. The molecule has 0 spiro atoms. The van der Waals surface area contributed by atoms with Gasteiger partial charge in [0.15, 0.2) is 0 Å². The van der Waals surface area contributed by atoms with E-state index in [0.29, 0.717) is 0 Å². The molecule has 1 aromatic rings. The first-order valence-corrected chi connectivity index (χ1v) is 6.79. The summed E-state index contributed by atoms with van der Waals surface area (Å²) >= 11 is 0. The van der Waals surface area contributed by atoms with Gasteiger partial charge in [0.25, 0.3) is 0 Å². The van der Waals surface area contributed by atoms with Crippen molar-refractivity contribution in [3.8, 4) is 5.75 Å². The van der Waals surface area contributed by atoms with E-state index in [0.717, 1.165) is 29.7 Å². The summed E-state index contributed by atoms with van der Waals surface area (Å²) in [6, 6.07) is 5.67. The molecule has 1 aliphatic rings. The summed E-state index contributed by atoms with van der Waals surface area (Å²) in [6.07, 6.45) is 6.24. The summed E-state index contributed by atoms with van der Waals surface area (Å²) in [5.41, 5.74) is 1.89. The van der Waals surface area contributed by atoms with E-state index in [1.807, 2.05) is 18.2 Å². The zero-order chi connectivity index (χ0) is 12.8. The fourth-order valence-electron chi connectivity index (χ4n) is 2.68. The third kappa shape index (κ3) is 3.33. The van der Waals surface area contributed by atoms with E-state index in [1.165, 1.54) is 38.8 Å². The van der Waals surface area contributed by atoms with E-state index in [-0.39, 0.29) is 0 Å². The third-order valence-corrected chi connectivity index (χ3v) is 3.69. The number of quaternary nitrogens is 1. The molecule has 18 heavy (non-hydrogen) atoms. The average Bonchev–Trinajstić information content (AvgIpc) is 2.67. The SMILES string of the molecule is COc1ccc(C=O)cc1C[NH+]1CCCCCC1. The van der Waals surface area contributed by atoms with Crippen LogP contribution < -0.4 is 9.64 Å². The van der Waals surface area contributed by atoms with Crippen molar-refractivity contribution >= 4 is 6.29 Å². The van der Waals surface area contributed by atoms with Crippen LogP contribution in [0.25, 0.3) is 0 Å². The van der Waals surface area contributed by atoms with Gasteiger partial charge >= 0.3 is 0 Å². The summed E-state index contributed by atoms with van der Waals surface area (Å²) in [7, 11) is 1.69. The van der Waals surface area contributed by atoms with Gasteiger partial charge in [0.1, 0.15) is 18.6 Å². The van der Waals surface area contributed by atoms with Gasteiger partial charge in [0.05, 0.1) is 20.2 Å². The Bertz CT molecular complexity index is 395. The Morgan fingerprint density at radius 3 is 2.56 bits per heavy atom. The molecule has 1 fully saturated rings. The lowest BCUT2D eigenvalue weighted by molar-refractivity contribution is -0.913. The zero-order valence-corrected chi connectivity index (χ0v) is 11.1. The predicted molar refractivity (Wildman–Crippen MR) is 71.3 cm³/mol. The van der Waals surface area contributed by atoms with Crippen LogP contribution in [0.15, 0.2) is 18.2 Å². The largest absolute Gasteiger partial charge is 0.496 e. The Balaban J connectivity index is 2.12. The van der Waals surface area contributed by atoms with Gasteiger partial charge in [-0.25, -0.2) is 0 Å². The lowest BCUT2D eigenvalue weighted by Crippen LogP contribution is -3.10. The first kappa shape index (κ1) is 13.1. The molecule has 1 aliphatic heterocycles. The number of hydrogen-bond acceptors (Lipinski definition) is 2. The number of carbonyl (C=O) groups excluding carboxylic acids is 1. The van der Waals surface area contributed by atoms with Crippen LogP contribution >= 0.6 is 0 Å². The monoisotopic (exact) mass is 248 g/mol. The Morgan fingerprint density at radius 2 is 1.94 bits per heavy atom. The van der Waals surface area contributed by atoms with Gasteiger partial charge in [-0.3, -0.25) is 4.79 Å². The average molecular weight is 248 g/mol. The van der Waals surface area contributed by atoms with Gasteiger partial charge < -0.3 is 9.64 Å². The number of methoxy groups -OCH3 is 1. The van der Waals surface area contributed by atoms with E-state index in [1.54, 1.807) is 12.0 Å². The van der Waals surface area contributed by atoms with Crippen molar-refractivity contribution < 1.29 is 14.4 Å². The second-order valence-electron chi connectivity index (χ2n) is 5.03. The maximum absolute atomic E-state index is 10.9. The van der Waals surface area contributed by atoms with Crippen LogP contribution in [0.2, 0.25) is 0 Å². The highest BCUT2D eigenvalue weighted by Crippen LogP contribution is 2.18. The second-order valence-corrected chi connectivity index (χ2v) is 5.03. The zero-order valence-electron chi connectivity index (χ0n) is 11.1. The van der Waals surface area contributed by atoms with E-state index >= 15 is 0 Å². The molecule has 0 bridgehead atoms. The molecular weight excluding hydrogens is 226 g/mol. The summed E-state index contributed by atoms with van der Waals surface area (Å²) in [6.45, 7) is 3.42. The number of nitrogens with one attached hydrogen (secondary N) is 1. The molecule has 98 valence electrons. The van der Waals surface area contributed by atoms with Gasteiger partial charge in [-0.1, -0.05) is 0 Å². The van der Waals surface area contributed by atoms with Crippen LogP contribution in [0.4, 0.5) is 0 Å². The fourth-order valence-corrected chi connectivity index (χ4v) is 2.68. The highest BCUT2D eigenvalue weighted by molar-refractivity contribution is 5.75. The Kier molecular flexibility index (Phi) is 4.76. The number of carbonyl (C=O) groups is 1. The molecule has 1 N–H and O–H groups in total. The van der Waals surface area contributed by atoms with Crippen molar-refractivity contribution in [2.45, 2.75) is 32.2 Å². The summed E-state index contributed by atoms with van der Waals surface area (Å²) in [5.74, 6) is 0.900. The lowest BCUT2D eigenvalue weighted by Gasteiger charge is -2.18. The lowest BCUT2D eigenvalue weighted by atomic mass is 10.1. The van der Waals surface area contributed by atoms with Crippen molar-refractivity contribution in [1.29, 1.82) is 0 Å². The number of ether oxygens (including phenoxy) is 1. The summed E-state index contributed by atoms with van der Waals surface area (Å²) in [5, 5.41) is 0. The van der Waals surface area contributed by atoms with Crippen molar-refractivity contribution in [3.63, 3.8) is 0 Å². The highest BCUT2D eigenvalue weighted by Gasteiger charge is 2.15. The Labute approximate surface area is 109 Å². The minimum Gasteiger partial charge on any atom is -0.496 e. The molecule has 1 aromatic carbocycles. The van der Waals surface area contributed by atoms with Gasteiger partial charge in [-0.05, 0) is 43.9 Å². The van der Waals surface area contributed by atoms with Crippen molar-refractivity contribution in [2.24, 2.45) is 0 Å². The number of rotatable bonds is 4. The molecule has 0 unspecified atom stereocenters. The Hall–Kier alpha value is -1.35. The van der Waals surface area contributed by atoms with Crippen LogP contribution in [-0.2, 0) is 6.54 Å². The quantitative estimate of drug-likeness (QED) is 0.818. The first-order valence-electron chi connectivity index (χ1n) is 6.79. The molecule has 0 aromatic heterocycles. The number of likely N-dealkylation sites (tertiary alicyclic amines) is 1. The van der Waals surface area contributed by atoms with E-state index in [9.17, 15) is 4.79 Å². The van der Waals surface area contributed by atoms with Crippen LogP contribution in [0.3, 0.4) is 0 Å². The van der Waals surface area contributed by atoms with Crippen LogP contribution in [0.1, 0.15) is 41.6 Å². The predicted octanol–water partition coefficient (Wildman–Crippen LogP) is 1.47. The molecule has 2 rings (SSSR count). The topological polar surface area (TPSA) is 30.7 Å². The molecule has 3 nitrogen and oxygen atoms in total. The molecule has 0 amide bonds. The van der Waals surface area contributed by atoms with Crippen molar-refractivity contribution in [2.75, 3.05) is 20.2 Å². The maximum Gasteiger partial charge on any atom is 0.150 e. The first-order chi connectivity index (χ1) is 8.83. The van der Waals surface area contributed by atoms with Gasteiger partial charge in [-0.15, -0.1) is 0 Å². The van der Waals surface area contributed by atoms with Crippen LogP contribution in [0.5, 0.6) is 5.75 Å². The summed E-state index contributed by atoms with van der Waals surface area (Å²) < 4.78 is 5.39. The minimum atomic E-state index is 0.736. The molecule has 0 atom stereocenters. The maximum atomic E-state index is 10.9. The molecule has 1 heterocycles. The molecule has 1 saturated heterocycles. The van der Waals surface area contributed by atoms with Crippen LogP contribution in [-0.4, -0.2) is 26.5 Å². The minimum absolute atomic E-state index is 0.736. The number of aldehydes is 1. The van der Waals surface area contributed by atoms with E-state index in [2.05, 4.69) is 0 Å². The number of benzene rings is 1. The second kappa shape index (κ2) is 6.55. The fraction of sp³-hybridized carbons (Fsp3) is 0.533. The molecule has 0 aliphatic carbocycles. The molecular formula is C15H22NO2+. The van der Waals surface area contributed by atoms with Gasteiger partial charge in [0.2, 0.25) is 0 Å².